The van der Waals surface area contributed by atoms with Crippen LogP contribution in [0.3, 0.4) is 0 Å². The van der Waals surface area contributed by atoms with Crippen LogP contribution in [0.1, 0.15) is 71.6 Å². The SMILES string of the molecule is C[C@]12CC[C@@H](OC(=O)[C@H]3O[C@@H](O)[C@H](O)[C@@H](O)[C@@H]3O)C[C@@H]1CC[C@@H]1[C@@H]2CC[C@]2(C)[C@@H](O)CC[C@@H]12. The van der Waals surface area contributed by atoms with Crippen molar-refractivity contribution in [1.29, 1.82) is 0 Å². The van der Waals surface area contributed by atoms with Gasteiger partial charge in [-0.25, -0.2) is 4.79 Å². The number of hydrogen-bond donors (Lipinski definition) is 5. The van der Waals surface area contributed by atoms with Crippen LogP contribution in [0.2, 0.25) is 0 Å². The van der Waals surface area contributed by atoms with E-state index in [9.17, 15) is 30.3 Å². The minimum atomic E-state index is -1.75. The molecule has 8 heteroatoms. The van der Waals surface area contributed by atoms with Crippen molar-refractivity contribution < 1.29 is 39.8 Å². The standard InChI is InChI=1S/C25H40O8/c1-24-9-7-13(32-23(31)21-19(28)18(27)20(29)22(30)33-21)11-12(24)3-4-14-15-5-6-17(26)25(15,2)10-8-16(14)24/h12-22,26-30H,3-11H2,1-2H3/t12-,13+,14-,15-,16-,17-,18-,19-,20+,21-,22+,24-,25-/m0/s1. The first-order valence-electron chi connectivity index (χ1n) is 12.8. The molecule has 5 aliphatic rings. The van der Waals surface area contributed by atoms with Gasteiger partial charge >= 0.3 is 5.97 Å². The van der Waals surface area contributed by atoms with E-state index in [1.165, 1.54) is 6.42 Å². The highest BCUT2D eigenvalue weighted by atomic mass is 16.7. The molecule has 0 unspecified atom stereocenters. The smallest absolute Gasteiger partial charge is 0.338 e. The highest BCUT2D eigenvalue weighted by molar-refractivity contribution is 5.76. The number of aliphatic hydroxyl groups excluding tert-OH is 5. The number of fused-ring (bicyclic) bond motifs is 5. The fourth-order valence-electron chi connectivity index (χ4n) is 8.59. The lowest BCUT2D eigenvalue weighted by atomic mass is 9.45. The van der Waals surface area contributed by atoms with Crippen molar-refractivity contribution in [3.8, 4) is 0 Å². The first-order valence-corrected chi connectivity index (χ1v) is 12.8. The molecular weight excluding hydrogens is 428 g/mol. The zero-order valence-electron chi connectivity index (χ0n) is 19.7. The van der Waals surface area contributed by atoms with E-state index in [-0.39, 0.29) is 23.0 Å². The van der Waals surface area contributed by atoms with Gasteiger partial charge in [-0.3, -0.25) is 0 Å². The Bertz CT molecular complexity index is 761. The molecule has 33 heavy (non-hydrogen) atoms. The Balaban J connectivity index is 1.23. The summed E-state index contributed by atoms with van der Waals surface area (Å²) in [6, 6.07) is 0. The summed E-state index contributed by atoms with van der Waals surface area (Å²) >= 11 is 0. The third-order valence-corrected chi connectivity index (χ3v) is 10.7. The maximum absolute atomic E-state index is 12.7. The Hall–Kier alpha value is -0.770. The topological polar surface area (TPSA) is 137 Å². The van der Waals surface area contributed by atoms with Crippen LogP contribution in [0.5, 0.6) is 0 Å². The average Bonchev–Trinajstić information content (AvgIpc) is 3.09. The molecule has 0 bridgehead atoms. The second-order valence-corrected chi connectivity index (χ2v) is 12.0. The van der Waals surface area contributed by atoms with E-state index in [0.717, 1.165) is 51.4 Å². The van der Waals surface area contributed by atoms with Gasteiger partial charge in [0.2, 0.25) is 0 Å². The number of esters is 1. The van der Waals surface area contributed by atoms with Crippen molar-refractivity contribution in [1.82, 2.24) is 0 Å². The van der Waals surface area contributed by atoms with Gasteiger partial charge in [0.15, 0.2) is 12.4 Å². The third-order valence-electron chi connectivity index (χ3n) is 10.7. The van der Waals surface area contributed by atoms with Crippen molar-refractivity contribution >= 4 is 5.97 Å². The van der Waals surface area contributed by atoms with Crippen molar-refractivity contribution in [2.75, 3.05) is 0 Å². The second-order valence-electron chi connectivity index (χ2n) is 12.0. The normalized spacial score (nSPS) is 56.4. The van der Waals surface area contributed by atoms with Crippen LogP contribution in [-0.2, 0) is 14.3 Å². The van der Waals surface area contributed by atoms with E-state index in [1.807, 2.05) is 0 Å². The van der Waals surface area contributed by atoms with Crippen molar-refractivity contribution in [2.45, 2.75) is 115 Å². The molecule has 0 aromatic rings. The van der Waals surface area contributed by atoms with Crippen LogP contribution in [-0.4, -0.2) is 74.4 Å². The Morgan fingerprint density at radius 1 is 0.818 bits per heavy atom. The number of hydrogen-bond acceptors (Lipinski definition) is 8. The summed E-state index contributed by atoms with van der Waals surface area (Å²) < 4.78 is 10.7. The van der Waals surface area contributed by atoms with Gasteiger partial charge in [0.1, 0.15) is 24.4 Å². The molecule has 0 radical (unpaired) electrons. The molecule has 188 valence electrons. The van der Waals surface area contributed by atoms with E-state index in [2.05, 4.69) is 13.8 Å². The van der Waals surface area contributed by atoms with E-state index < -0.39 is 36.7 Å². The van der Waals surface area contributed by atoms with E-state index in [0.29, 0.717) is 23.7 Å². The molecule has 13 atom stereocenters. The Morgan fingerprint density at radius 2 is 1.52 bits per heavy atom. The first-order chi connectivity index (χ1) is 15.6. The van der Waals surface area contributed by atoms with Gasteiger partial charge < -0.3 is 35.0 Å². The molecule has 1 saturated heterocycles. The third kappa shape index (κ3) is 3.67. The molecule has 5 N–H and O–H groups in total. The van der Waals surface area contributed by atoms with Gasteiger partial charge in [-0.1, -0.05) is 13.8 Å². The van der Waals surface area contributed by atoms with Gasteiger partial charge in [0.05, 0.1) is 6.10 Å². The van der Waals surface area contributed by atoms with Crippen molar-refractivity contribution in [2.24, 2.45) is 34.5 Å². The lowest BCUT2D eigenvalue weighted by Crippen LogP contribution is -2.60. The van der Waals surface area contributed by atoms with Crippen molar-refractivity contribution in [3.63, 3.8) is 0 Å². The molecule has 0 aromatic heterocycles. The summed E-state index contributed by atoms with van der Waals surface area (Å²) in [4.78, 5) is 12.7. The summed E-state index contributed by atoms with van der Waals surface area (Å²) in [5, 5.41) is 50.0. The predicted molar refractivity (Wildman–Crippen MR) is 117 cm³/mol. The Morgan fingerprint density at radius 3 is 2.27 bits per heavy atom. The fourth-order valence-corrected chi connectivity index (χ4v) is 8.59. The summed E-state index contributed by atoms with van der Waals surface area (Å²) in [5.74, 6) is 1.57. The number of ether oxygens (including phenoxy) is 2. The highest BCUT2D eigenvalue weighted by Crippen LogP contribution is 2.66. The van der Waals surface area contributed by atoms with Gasteiger partial charge in [-0.05, 0) is 92.3 Å². The van der Waals surface area contributed by atoms with Gasteiger partial charge in [0.25, 0.3) is 0 Å². The molecule has 4 aliphatic carbocycles. The first kappa shape index (κ1) is 23.9. The number of rotatable bonds is 2. The van der Waals surface area contributed by atoms with Gasteiger partial charge in [-0.15, -0.1) is 0 Å². The summed E-state index contributed by atoms with van der Waals surface area (Å²) in [6.07, 6.45) is 0.328. The van der Waals surface area contributed by atoms with Crippen LogP contribution in [0, 0.1) is 34.5 Å². The maximum atomic E-state index is 12.7. The second kappa shape index (κ2) is 8.42. The lowest BCUT2D eigenvalue weighted by molar-refractivity contribution is -0.282. The zero-order valence-corrected chi connectivity index (χ0v) is 19.7. The van der Waals surface area contributed by atoms with E-state index in [1.54, 1.807) is 0 Å². The molecule has 1 aliphatic heterocycles. The predicted octanol–water partition coefficient (Wildman–Crippen LogP) is 1.10. The van der Waals surface area contributed by atoms with Crippen LogP contribution in [0.25, 0.3) is 0 Å². The molecule has 4 saturated carbocycles. The van der Waals surface area contributed by atoms with Crippen LogP contribution in [0.4, 0.5) is 0 Å². The average molecular weight is 469 g/mol. The molecular formula is C25H40O8. The Kier molecular flexibility index (Phi) is 6.11. The molecule has 8 nitrogen and oxygen atoms in total. The molecule has 0 amide bonds. The zero-order chi connectivity index (χ0) is 23.7. The van der Waals surface area contributed by atoms with Gasteiger partial charge in [-0.2, -0.15) is 0 Å². The van der Waals surface area contributed by atoms with Crippen molar-refractivity contribution in [3.05, 3.63) is 0 Å². The molecule has 0 aromatic carbocycles. The van der Waals surface area contributed by atoms with Gasteiger partial charge in [0, 0.05) is 0 Å². The number of aliphatic hydroxyl groups is 5. The summed E-state index contributed by atoms with van der Waals surface area (Å²) in [7, 11) is 0. The fraction of sp³-hybridized carbons (Fsp3) is 0.960. The quantitative estimate of drug-likeness (QED) is 0.380. The van der Waals surface area contributed by atoms with Crippen LogP contribution in [0.15, 0.2) is 0 Å². The molecule has 0 spiro atoms. The van der Waals surface area contributed by atoms with E-state index >= 15 is 0 Å². The number of carbonyl (C=O) groups excluding carboxylic acids is 1. The lowest BCUT2D eigenvalue weighted by Gasteiger charge is -2.60. The van der Waals surface area contributed by atoms with E-state index in [4.69, 9.17) is 9.47 Å². The molecule has 5 fully saturated rings. The molecule has 5 rings (SSSR count). The van der Waals surface area contributed by atoms with Crippen LogP contribution < -0.4 is 0 Å². The number of carbonyl (C=O) groups is 1. The minimum absolute atomic E-state index is 0.0701. The highest BCUT2D eigenvalue weighted by Gasteiger charge is 2.60. The maximum Gasteiger partial charge on any atom is 0.338 e. The minimum Gasteiger partial charge on any atom is -0.460 e. The largest absolute Gasteiger partial charge is 0.460 e. The summed E-state index contributed by atoms with van der Waals surface area (Å²) in [5.41, 5.74) is 0.276. The molecule has 1 heterocycles. The summed E-state index contributed by atoms with van der Waals surface area (Å²) in [6.45, 7) is 4.72. The van der Waals surface area contributed by atoms with Crippen LogP contribution >= 0.6 is 0 Å². The Labute approximate surface area is 195 Å². The monoisotopic (exact) mass is 468 g/mol.